The van der Waals surface area contributed by atoms with E-state index in [4.69, 9.17) is 0 Å². The van der Waals surface area contributed by atoms with Crippen LogP contribution in [0.15, 0.2) is 24.3 Å². The van der Waals surface area contributed by atoms with Crippen LogP contribution in [0.1, 0.15) is 43.2 Å². The highest BCUT2D eigenvalue weighted by Gasteiger charge is 2.34. The van der Waals surface area contributed by atoms with Crippen LogP contribution < -0.4 is 0 Å². The molecule has 0 fully saturated rings. The Kier molecular flexibility index (Phi) is 6.69. The lowest BCUT2D eigenvalue weighted by Gasteiger charge is -2.20. The third-order valence-electron chi connectivity index (χ3n) is 3.62. The van der Waals surface area contributed by atoms with E-state index in [1.807, 2.05) is 19.1 Å². The Bertz CT molecular complexity index is 538. The number of aryl methyl sites for hydroxylation is 1. The summed E-state index contributed by atoms with van der Waals surface area (Å²) in [6, 6.07) is 6.33. The van der Waals surface area contributed by atoms with Gasteiger partial charge >= 0.3 is 5.97 Å². The molecule has 0 aromatic heterocycles. The van der Waals surface area contributed by atoms with Crippen molar-refractivity contribution in [3.05, 3.63) is 45.5 Å². The summed E-state index contributed by atoms with van der Waals surface area (Å²) < 4.78 is 4.53. The Balaban J connectivity index is 3.03. The molecular formula is C16H21NO5. The molecule has 0 aliphatic rings. The number of rotatable bonds is 8. The first-order valence-electron chi connectivity index (χ1n) is 7.11. The number of Topliss-reactive ketones (excluding diaryl/α,β-unsaturated/α-hetero) is 1. The lowest BCUT2D eigenvalue weighted by Crippen LogP contribution is -2.30. The number of hydrogen-bond donors (Lipinski definition) is 0. The van der Waals surface area contributed by atoms with Crippen molar-refractivity contribution in [1.29, 1.82) is 0 Å². The Labute approximate surface area is 129 Å². The molecule has 0 unspecified atom stereocenters. The monoisotopic (exact) mass is 307 g/mol. The van der Waals surface area contributed by atoms with Gasteiger partial charge in [0.1, 0.15) is 5.78 Å². The Morgan fingerprint density at radius 1 is 1.27 bits per heavy atom. The maximum absolute atomic E-state index is 11.5. The zero-order valence-electron chi connectivity index (χ0n) is 13.1. The molecule has 0 heterocycles. The van der Waals surface area contributed by atoms with Crippen LogP contribution in [-0.2, 0) is 14.3 Å². The van der Waals surface area contributed by atoms with Crippen molar-refractivity contribution >= 4 is 11.8 Å². The molecule has 0 saturated carbocycles. The first-order chi connectivity index (χ1) is 10.3. The smallest absolute Gasteiger partial charge is 0.305 e. The van der Waals surface area contributed by atoms with Gasteiger partial charge in [-0.25, -0.2) is 0 Å². The number of hydrogen-bond acceptors (Lipinski definition) is 5. The fraction of sp³-hybridized carbons (Fsp3) is 0.500. The molecule has 120 valence electrons. The topological polar surface area (TPSA) is 86.5 Å². The van der Waals surface area contributed by atoms with E-state index in [0.29, 0.717) is 0 Å². The third-order valence-corrected chi connectivity index (χ3v) is 3.62. The second kappa shape index (κ2) is 8.26. The quantitative estimate of drug-likeness (QED) is 0.418. The van der Waals surface area contributed by atoms with Gasteiger partial charge in [0, 0.05) is 17.8 Å². The second-order valence-corrected chi connectivity index (χ2v) is 5.39. The van der Waals surface area contributed by atoms with Gasteiger partial charge in [-0.15, -0.1) is 0 Å². The summed E-state index contributed by atoms with van der Waals surface area (Å²) in [5.74, 6) is -1.15. The minimum absolute atomic E-state index is 0.0393. The van der Waals surface area contributed by atoms with Gasteiger partial charge in [-0.1, -0.05) is 29.8 Å². The number of ether oxygens (including phenoxy) is 1. The number of carbonyl (C=O) groups excluding carboxylic acids is 2. The summed E-state index contributed by atoms with van der Waals surface area (Å²) in [6.45, 7) is 3.34. The number of methoxy groups -OCH3 is 1. The summed E-state index contributed by atoms with van der Waals surface area (Å²) in [7, 11) is 1.25. The van der Waals surface area contributed by atoms with Crippen molar-refractivity contribution in [2.45, 2.75) is 45.1 Å². The molecule has 0 bridgehead atoms. The molecule has 22 heavy (non-hydrogen) atoms. The van der Waals surface area contributed by atoms with Gasteiger partial charge in [0.15, 0.2) is 0 Å². The van der Waals surface area contributed by atoms with E-state index in [9.17, 15) is 19.7 Å². The molecule has 0 aliphatic carbocycles. The molecule has 0 radical (unpaired) electrons. The molecule has 1 aromatic rings. The molecule has 0 aliphatic heterocycles. The van der Waals surface area contributed by atoms with Crippen molar-refractivity contribution in [3.8, 4) is 0 Å². The molecule has 6 heteroatoms. The van der Waals surface area contributed by atoms with Gasteiger partial charge in [0.2, 0.25) is 6.04 Å². The van der Waals surface area contributed by atoms with Gasteiger partial charge in [0.25, 0.3) is 0 Å². The van der Waals surface area contributed by atoms with Gasteiger partial charge in [-0.3, -0.25) is 14.9 Å². The molecule has 0 N–H and O–H groups in total. The minimum atomic E-state index is -0.995. The van der Waals surface area contributed by atoms with E-state index in [0.717, 1.165) is 11.1 Å². The van der Waals surface area contributed by atoms with E-state index >= 15 is 0 Å². The lowest BCUT2D eigenvalue weighted by molar-refractivity contribution is -0.527. The number of carbonyl (C=O) groups is 2. The predicted molar refractivity (Wildman–Crippen MR) is 81.3 cm³/mol. The molecular weight excluding hydrogens is 286 g/mol. The third kappa shape index (κ3) is 5.27. The highest BCUT2D eigenvalue weighted by Crippen LogP contribution is 2.29. The molecule has 0 spiro atoms. The average molecular weight is 307 g/mol. The highest BCUT2D eigenvalue weighted by molar-refractivity contribution is 5.76. The Morgan fingerprint density at radius 2 is 1.86 bits per heavy atom. The van der Waals surface area contributed by atoms with Crippen molar-refractivity contribution < 1.29 is 19.2 Å². The summed E-state index contributed by atoms with van der Waals surface area (Å²) in [5.41, 5.74) is 1.78. The lowest BCUT2D eigenvalue weighted by atomic mass is 9.85. The van der Waals surface area contributed by atoms with Gasteiger partial charge < -0.3 is 9.53 Å². The van der Waals surface area contributed by atoms with Crippen LogP contribution in [0.4, 0.5) is 0 Å². The summed E-state index contributed by atoms with van der Waals surface area (Å²) in [6.07, 6.45) is 0.0871. The van der Waals surface area contributed by atoms with E-state index in [1.54, 1.807) is 12.1 Å². The van der Waals surface area contributed by atoms with Gasteiger partial charge in [-0.2, -0.15) is 0 Å². The van der Waals surface area contributed by atoms with E-state index < -0.39 is 22.9 Å². The fourth-order valence-electron chi connectivity index (χ4n) is 2.42. The molecule has 2 atom stereocenters. The van der Waals surface area contributed by atoms with Crippen LogP contribution in [0.5, 0.6) is 0 Å². The highest BCUT2D eigenvalue weighted by atomic mass is 16.6. The fourth-order valence-corrected chi connectivity index (χ4v) is 2.42. The summed E-state index contributed by atoms with van der Waals surface area (Å²) >= 11 is 0. The number of nitro groups is 1. The Morgan fingerprint density at radius 3 is 2.32 bits per heavy atom. The molecule has 6 nitrogen and oxygen atoms in total. The zero-order chi connectivity index (χ0) is 16.7. The average Bonchev–Trinajstić information content (AvgIpc) is 2.46. The minimum Gasteiger partial charge on any atom is -0.469 e. The van der Waals surface area contributed by atoms with Crippen LogP contribution in [-0.4, -0.2) is 29.8 Å². The second-order valence-electron chi connectivity index (χ2n) is 5.39. The van der Waals surface area contributed by atoms with E-state index in [1.165, 1.54) is 14.0 Å². The maximum Gasteiger partial charge on any atom is 0.305 e. The number of esters is 1. The van der Waals surface area contributed by atoms with Crippen LogP contribution in [0.2, 0.25) is 0 Å². The standard InChI is InChI=1S/C16H21NO5/c1-11-4-6-13(7-5-11)14(10-12(2)18)15(17(20)21)8-9-16(19)22-3/h4-7,14-15H,8-10H2,1-3H3/t14-,15+/m0/s1. The summed E-state index contributed by atoms with van der Waals surface area (Å²) in [4.78, 5) is 33.8. The van der Waals surface area contributed by atoms with Crippen molar-refractivity contribution in [1.82, 2.24) is 0 Å². The number of benzene rings is 1. The number of ketones is 1. The van der Waals surface area contributed by atoms with Gasteiger partial charge in [-0.05, 0) is 19.4 Å². The molecule has 1 aromatic carbocycles. The van der Waals surface area contributed by atoms with Crippen molar-refractivity contribution in [2.24, 2.45) is 0 Å². The van der Waals surface area contributed by atoms with Crippen LogP contribution in [0.3, 0.4) is 0 Å². The first kappa shape index (κ1) is 17.8. The zero-order valence-corrected chi connectivity index (χ0v) is 13.1. The van der Waals surface area contributed by atoms with Crippen molar-refractivity contribution in [2.75, 3.05) is 7.11 Å². The maximum atomic E-state index is 11.5. The van der Waals surface area contributed by atoms with Crippen LogP contribution in [0.25, 0.3) is 0 Å². The van der Waals surface area contributed by atoms with E-state index in [-0.39, 0.29) is 25.0 Å². The molecule has 1 rings (SSSR count). The number of nitrogens with zero attached hydrogens (tertiary/aromatic N) is 1. The van der Waals surface area contributed by atoms with Crippen LogP contribution in [0, 0.1) is 17.0 Å². The normalized spacial score (nSPS) is 13.2. The SMILES string of the molecule is COC(=O)CC[C@H]([C@@H](CC(C)=O)c1ccc(C)cc1)[N+](=O)[O-]. The van der Waals surface area contributed by atoms with Crippen LogP contribution >= 0.6 is 0 Å². The summed E-state index contributed by atoms with van der Waals surface area (Å²) in [5, 5.41) is 11.4. The van der Waals surface area contributed by atoms with E-state index in [2.05, 4.69) is 4.74 Å². The Hall–Kier alpha value is -2.24. The molecule has 0 saturated heterocycles. The molecule has 0 amide bonds. The largest absolute Gasteiger partial charge is 0.469 e. The predicted octanol–water partition coefficient (Wildman–Crippen LogP) is 2.66. The van der Waals surface area contributed by atoms with Gasteiger partial charge in [0.05, 0.1) is 19.4 Å². The first-order valence-corrected chi connectivity index (χ1v) is 7.11. The van der Waals surface area contributed by atoms with Crippen molar-refractivity contribution in [3.63, 3.8) is 0 Å².